The zero-order chi connectivity index (χ0) is 19.8. The summed E-state index contributed by atoms with van der Waals surface area (Å²) in [7, 11) is 0. The molecule has 28 heavy (non-hydrogen) atoms. The summed E-state index contributed by atoms with van der Waals surface area (Å²) in [5, 5.41) is 13.8. The van der Waals surface area contributed by atoms with Crippen molar-refractivity contribution in [1.29, 1.82) is 0 Å². The Kier molecular flexibility index (Phi) is 8.36. The minimum atomic E-state index is -0.401. The number of hydrogen-bond donors (Lipinski definition) is 1. The van der Waals surface area contributed by atoms with Crippen molar-refractivity contribution >= 4 is 10.8 Å². The largest absolute Gasteiger partial charge is 0.387 e. The molecule has 0 aliphatic heterocycles. The first-order valence-electron chi connectivity index (χ1n) is 11.7. The minimum absolute atomic E-state index is 0.401. The molecule has 0 saturated carbocycles. The number of unbranched alkanes of at least 4 members (excludes halogenated alkanes) is 6. The van der Waals surface area contributed by atoms with E-state index in [9.17, 15) is 5.11 Å². The third-order valence-corrected chi connectivity index (χ3v) is 6.36. The topological polar surface area (TPSA) is 23.5 Å². The summed E-state index contributed by atoms with van der Waals surface area (Å²) < 4.78 is 0. The molecule has 2 aromatic rings. The zero-order valence-corrected chi connectivity index (χ0v) is 18.1. The molecule has 0 bridgehead atoms. The lowest BCUT2D eigenvalue weighted by atomic mass is 9.96. The van der Waals surface area contributed by atoms with Gasteiger partial charge in [0, 0.05) is 6.54 Å². The van der Waals surface area contributed by atoms with Crippen LogP contribution >= 0.6 is 0 Å². The molecule has 1 aliphatic rings. The quantitative estimate of drug-likeness (QED) is 0.404. The van der Waals surface area contributed by atoms with Crippen LogP contribution in [0, 0.1) is 0 Å². The average molecular weight is 382 g/mol. The highest BCUT2D eigenvalue weighted by atomic mass is 16.3. The lowest BCUT2D eigenvalue weighted by Crippen LogP contribution is -2.31. The van der Waals surface area contributed by atoms with E-state index >= 15 is 0 Å². The molecular weight excluding hydrogens is 342 g/mol. The van der Waals surface area contributed by atoms with Crippen molar-refractivity contribution in [2.45, 2.75) is 84.2 Å². The molecule has 0 amide bonds. The Morgan fingerprint density at radius 2 is 1.46 bits per heavy atom. The van der Waals surface area contributed by atoms with Crippen LogP contribution < -0.4 is 0 Å². The molecular formula is C26H39NO. The van der Waals surface area contributed by atoms with Gasteiger partial charge in [0.1, 0.15) is 0 Å². The normalized spacial score (nSPS) is 14.3. The summed E-state index contributed by atoms with van der Waals surface area (Å²) in [6.45, 7) is 7.52. The van der Waals surface area contributed by atoms with Gasteiger partial charge in [-0.2, -0.15) is 0 Å². The Labute approximate surface area is 172 Å². The number of nitrogens with zero attached hydrogens (tertiary/aromatic N) is 1. The van der Waals surface area contributed by atoms with Crippen LogP contribution in [0.25, 0.3) is 10.8 Å². The van der Waals surface area contributed by atoms with Gasteiger partial charge in [-0.05, 0) is 66.2 Å². The minimum Gasteiger partial charge on any atom is -0.387 e. The first-order chi connectivity index (χ1) is 13.7. The van der Waals surface area contributed by atoms with E-state index in [0.717, 1.165) is 38.0 Å². The fourth-order valence-corrected chi connectivity index (χ4v) is 4.72. The van der Waals surface area contributed by atoms with Gasteiger partial charge in [0.25, 0.3) is 0 Å². The highest BCUT2D eigenvalue weighted by Gasteiger charge is 2.20. The summed E-state index contributed by atoms with van der Waals surface area (Å²) in [6, 6.07) is 11.1. The Morgan fingerprint density at radius 3 is 2.11 bits per heavy atom. The summed E-state index contributed by atoms with van der Waals surface area (Å²) in [6.07, 6.45) is 12.2. The lowest BCUT2D eigenvalue weighted by Gasteiger charge is -2.26. The predicted octanol–water partition coefficient (Wildman–Crippen LogP) is 6.43. The van der Waals surface area contributed by atoms with Gasteiger partial charge in [0.05, 0.1) is 6.10 Å². The number of aliphatic hydroxyl groups excluding tert-OH is 1. The molecule has 1 unspecified atom stereocenters. The number of benzene rings is 2. The molecule has 0 radical (unpaired) electrons. The predicted molar refractivity (Wildman–Crippen MR) is 121 cm³/mol. The van der Waals surface area contributed by atoms with Crippen LogP contribution in [-0.4, -0.2) is 29.6 Å². The SMILES string of the molecule is CCCCCCN(CCCCCC)CC(O)c1ccc2c3c(cccc13)CC2. The van der Waals surface area contributed by atoms with Crippen LogP contribution in [0.5, 0.6) is 0 Å². The smallest absolute Gasteiger partial charge is 0.0922 e. The van der Waals surface area contributed by atoms with Crippen molar-refractivity contribution in [2.24, 2.45) is 0 Å². The highest BCUT2D eigenvalue weighted by molar-refractivity contribution is 5.93. The van der Waals surface area contributed by atoms with E-state index in [1.54, 1.807) is 0 Å². The standard InChI is InChI=1S/C26H39NO/c1-3-5-7-9-18-27(19-10-8-6-4-2)20-25(28)23-17-16-22-15-14-21-12-11-13-24(23)26(21)22/h11-13,16-17,25,28H,3-10,14-15,18-20H2,1-2H3. The fourth-order valence-electron chi connectivity index (χ4n) is 4.72. The number of rotatable bonds is 13. The Bertz CT molecular complexity index is 716. The van der Waals surface area contributed by atoms with Crippen LogP contribution in [0.15, 0.2) is 30.3 Å². The van der Waals surface area contributed by atoms with Crippen LogP contribution in [0.1, 0.15) is 88.0 Å². The summed E-state index contributed by atoms with van der Waals surface area (Å²) in [5.74, 6) is 0. The van der Waals surface area contributed by atoms with Crippen LogP contribution in [-0.2, 0) is 12.8 Å². The van der Waals surface area contributed by atoms with Gasteiger partial charge in [-0.25, -0.2) is 0 Å². The van der Waals surface area contributed by atoms with E-state index in [4.69, 9.17) is 0 Å². The Balaban J connectivity index is 1.68. The average Bonchev–Trinajstić information content (AvgIpc) is 3.13. The van der Waals surface area contributed by atoms with Gasteiger partial charge >= 0.3 is 0 Å². The van der Waals surface area contributed by atoms with Gasteiger partial charge in [0.2, 0.25) is 0 Å². The molecule has 1 N–H and O–H groups in total. The number of hydrogen-bond acceptors (Lipinski definition) is 2. The summed E-state index contributed by atoms with van der Waals surface area (Å²) >= 11 is 0. The molecule has 0 spiro atoms. The van der Waals surface area contributed by atoms with Crippen molar-refractivity contribution in [3.63, 3.8) is 0 Å². The maximum Gasteiger partial charge on any atom is 0.0922 e. The van der Waals surface area contributed by atoms with E-state index in [-0.39, 0.29) is 0 Å². The Morgan fingerprint density at radius 1 is 0.821 bits per heavy atom. The molecule has 0 heterocycles. The van der Waals surface area contributed by atoms with Crippen LogP contribution in [0.3, 0.4) is 0 Å². The zero-order valence-electron chi connectivity index (χ0n) is 18.1. The van der Waals surface area contributed by atoms with E-state index in [2.05, 4.69) is 49.1 Å². The third-order valence-electron chi connectivity index (χ3n) is 6.36. The van der Waals surface area contributed by atoms with Gasteiger partial charge in [-0.15, -0.1) is 0 Å². The second kappa shape index (κ2) is 11.0. The Hall–Kier alpha value is -1.38. The van der Waals surface area contributed by atoms with E-state index in [1.165, 1.54) is 73.3 Å². The lowest BCUT2D eigenvalue weighted by molar-refractivity contribution is 0.111. The van der Waals surface area contributed by atoms with Crippen molar-refractivity contribution in [1.82, 2.24) is 4.90 Å². The number of aliphatic hydroxyl groups is 1. The molecule has 2 nitrogen and oxygen atoms in total. The van der Waals surface area contributed by atoms with Gasteiger partial charge < -0.3 is 10.0 Å². The van der Waals surface area contributed by atoms with E-state index < -0.39 is 6.10 Å². The second-order valence-corrected chi connectivity index (χ2v) is 8.59. The van der Waals surface area contributed by atoms with Crippen LogP contribution in [0.2, 0.25) is 0 Å². The van der Waals surface area contributed by atoms with E-state index in [0.29, 0.717) is 0 Å². The first kappa shape index (κ1) is 21.3. The molecule has 154 valence electrons. The highest BCUT2D eigenvalue weighted by Crippen LogP contribution is 2.35. The first-order valence-corrected chi connectivity index (χ1v) is 11.7. The molecule has 2 heteroatoms. The maximum absolute atomic E-state index is 11.2. The molecule has 0 saturated heterocycles. The molecule has 3 rings (SSSR count). The van der Waals surface area contributed by atoms with Crippen molar-refractivity contribution in [2.75, 3.05) is 19.6 Å². The molecule has 1 aliphatic carbocycles. The third kappa shape index (κ3) is 5.36. The summed E-state index contributed by atoms with van der Waals surface area (Å²) in [4.78, 5) is 2.51. The summed E-state index contributed by atoms with van der Waals surface area (Å²) in [5.41, 5.74) is 4.03. The van der Waals surface area contributed by atoms with Crippen molar-refractivity contribution in [3.05, 3.63) is 47.0 Å². The van der Waals surface area contributed by atoms with E-state index in [1.807, 2.05) is 0 Å². The molecule has 1 atom stereocenters. The molecule has 2 aromatic carbocycles. The molecule has 0 aromatic heterocycles. The van der Waals surface area contributed by atoms with Gasteiger partial charge in [-0.3, -0.25) is 0 Å². The van der Waals surface area contributed by atoms with Gasteiger partial charge in [0.15, 0.2) is 0 Å². The number of aryl methyl sites for hydroxylation is 2. The fraction of sp³-hybridized carbons (Fsp3) is 0.615. The van der Waals surface area contributed by atoms with Gasteiger partial charge in [-0.1, -0.05) is 82.7 Å². The van der Waals surface area contributed by atoms with Crippen molar-refractivity contribution in [3.8, 4) is 0 Å². The monoisotopic (exact) mass is 381 g/mol. The van der Waals surface area contributed by atoms with Crippen molar-refractivity contribution < 1.29 is 5.11 Å². The molecule has 0 fully saturated rings. The second-order valence-electron chi connectivity index (χ2n) is 8.59. The van der Waals surface area contributed by atoms with Crippen LogP contribution in [0.4, 0.5) is 0 Å². The maximum atomic E-state index is 11.2.